The van der Waals surface area contributed by atoms with Crippen molar-refractivity contribution in [2.75, 3.05) is 0 Å². The van der Waals surface area contributed by atoms with Gasteiger partial charge >= 0.3 is 0 Å². The minimum Gasteiger partial charge on any atom is -0.198 e. The van der Waals surface area contributed by atoms with Crippen LogP contribution in [0.15, 0.2) is 21.1 Å². The van der Waals surface area contributed by atoms with E-state index in [1.54, 1.807) is 0 Å². The Bertz CT molecular complexity index is 390. The molecule has 70 valence electrons. The molecular weight excluding hydrogens is 308 g/mol. The number of nitrogens with zero attached hydrogens (tertiary/aromatic N) is 2. The van der Waals surface area contributed by atoms with Crippen molar-refractivity contribution >= 4 is 31.9 Å². The summed E-state index contributed by atoms with van der Waals surface area (Å²) in [6.07, 6.45) is 0.707. The third-order valence-corrected chi connectivity index (χ3v) is 3.23. The van der Waals surface area contributed by atoms with E-state index < -0.39 is 0 Å². The second kappa shape index (κ2) is 5.14. The van der Waals surface area contributed by atoms with Gasteiger partial charge in [0, 0.05) is 8.95 Å². The van der Waals surface area contributed by atoms with Crippen LogP contribution >= 0.6 is 31.9 Å². The topological polar surface area (TPSA) is 47.6 Å². The molecule has 0 N–H and O–H groups in total. The van der Waals surface area contributed by atoms with Crippen LogP contribution in [0.1, 0.15) is 11.1 Å². The zero-order valence-electron chi connectivity index (χ0n) is 7.22. The highest BCUT2D eigenvalue weighted by atomic mass is 79.9. The summed E-state index contributed by atoms with van der Waals surface area (Å²) in [5.41, 5.74) is 1.84. The molecule has 0 saturated carbocycles. The second-order valence-corrected chi connectivity index (χ2v) is 4.41. The fourth-order valence-corrected chi connectivity index (χ4v) is 2.36. The maximum atomic E-state index is 8.59. The lowest BCUT2D eigenvalue weighted by Gasteiger charge is -2.05. The Balaban J connectivity index is 3.16. The first kappa shape index (κ1) is 11.2. The predicted molar refractivity (Wildman–Crippen MR) is 60.5 cm³/mol. The van der Waals surface area contributed by atoms with Crippen LogP contribution in [0.25, 0.3) is 0 Å². The molecular formula is C10H6Br2N2. The third kappa shape index (κ3) is 2.57. The van der Waals surface area contributed by atoms with Crippen LogP contribution in [-0.2, 0) is 12.8 Å². The summed E-state index contributed by atoms with van der Waals surface area (Å²) in [5, 5.41) is 17.2. The van der Waals surface area contributed by atoms with Gasteiger partial charge in [0.15, 0.2) is 0 Å². The van der Waals surface area contributed by atoms with Gasteiger partial charge < -0.3 is 0 Å². The molecule has 0 aromatic heterocycles. The molecule has 1 aromatic carbocycles. The van der Waals surface area contributed by atoms with Crippen LogP contribution in [0.4, 0.5) is 0 Å². The summed E-state index contributed by atoms with van der Waals surface area (Å²) < 4.78 is 1.79. The Morgan fingerprint density at radius 1 is 0.929 bits per heavy atom. The van der Waals surface area contributed by atoms with Crippen LogP contribution in [-0.4, -0.2) is 0 Å². The number of hydrogen-bond donors (Lipinski definition) is 0. The van der Waals surface area contributed by atoms with Crippen LogP contribution < -0.4 is 0 Å². The van der Waals surface area contributed by atoms with E-state index in [0.29, 0.717) is 12.8 Å². The Kier molecular flexibility index (Phi) is 4.13. The number of hydrogen-bond acceptors (Lipinski definition) is 2. The lowest BCUT2D eigenvalue weighted by Crippen LogP contribution is -1.90. The quantitative estimate of drug-likeness (QED) is 0.840. The van der Waals surface area contributed by atoms with Crippen molar-refractivity contribution < 1.29 is 0 Å². The molecule has 0 fully saturated rings. The zero-order chi connectivity index (χ0) is 10.6. The maximum Gasteiger partial charge on any atom is 0.0670 e. The van der Waals surface area contributed by atoms with Gasteiger partial charge in [-0.3, -0.25) is 0 Å². The summed E-state index contributed by atoms with van der Waals surface area (Å²) in [6.45, 7) is 0. The molecule has 1 rings (SSSR count). The number of rotatable bonds is 2. The van der Waals surface area contributed by atoms with E-state index in [2.05, 4.69) is 44.0 Å². The van der Waals surface area contributed by atoms with Gasteiger partial charge in [-0.05, 0) is 17.2 Å². The minimum absolute atomic E-state index is 0.353. The number of halogens is 2. The summed E-state index contributed by atoms with van der Waals surface area (Å²) in [7, 11) is 0. The largest absolute Gasteiger partial charge is 0.198 e. The third-order valence-electron chi connectivity index (χ3n) is 1.75. The molecule has 4 heteroatoms. The summed E-state index contributed by atoms with van der Waals surface area (Å²) in [6, 6.07) is 7.92. The van der Waals surface area contributed by atoms with Crippen LogP contribution in [0.2, 0.25) is 0 Å². The van der Waals surface area contributed by atoms with E-state index in [9.17, 15) is 0 Å². The Labute approximate surface area is 99.4 Å². The van der Waals surface area contributed by atoms with E-state index in [-0.39, 0.29) is 0 Å². The molecule has 2 nitrogen and oxygen atoms in total. The molecule has 0 spiro atoms. The molecule has 0 amide bonds. The van der Waals surface area contributed by atoms with Gasteiger partial charge in [-0.15, -0.1) is 0 Å². The Morgan fingerprint density at radius 3 is 1.71 bits per heavy atom. The van der Waals surface area contributed by atoms with Gasteiger partial charge in [-0.25, -0.2) is 0 Å². The summed E-state index contributed by atoms with van der Waals surface area (Å²) in [5.74, 6) is 0. The first-order chi connectivity index (χ1) is 6.69. The highest BCUT2D eigenvalue weighted by Gasteiger charge is 2.05. The van der Waals surface area contributed by atoms with Crippen LogP contribution in [0.5, 0.6) is 0 Å². The van der Waals surface area contributed by atoms with Crippen molar-refractivity contribution in [2.24, 2.45) is 0 Å². The molecule has 1 aromatic rings. The number of benzene rings is 1. The highest BCUT2D eigenvalue weighted by molar-refractivity contribution is 9.11. The molecule has 0 atom stereocenters. The molecule has 0 heterocycles. The molecule has 0 unspecified atom stereocenters. The maximum absolute atomic E-state index is 8.59. The van der Waals surface area contributed by atoms with Crippen molar-refractivity contribution in [2.45, 2.75) is 12.8 Å². The average Bonchev–Trinajstić information content (AvgIpc) is 2.14. The monoisotopic (exact) mass is 312 g/mol. The van der Waals surface area contributed by atoms with Crippen molar-refractivity contribution in [3.8, 4) is 12.1 Å². The van der Waals surface area contributed by atoms with E-state index in [0.717, 1.165) is 20.1 Å². The molecule has 0 radical (unpaired) electrons. The molecule has 0 aliphatic carbocycles. The average molecular weight is 314 g/mol. The lowest BCUT2D eigenvalue weighted by molar-refractivity contribution is 1.18. The Hall–Kier alpha value is -0.840. The first-order valence-electron chi connectivity index (χ1n) is 3.89. The Morgan fingerprint density at radius 2 is 1.36 bits per heavy atom. The fraction of sp³-hybridized carbons (Fsp3) is 0.200. The molecule has 14 heavy (non-hydrogen) atoms. The fourth-order valence-electron chi connectivity index (χ4n) is 1.09. The highest BCUT2D eigenvalue weighted by Crippen LogP contribution is 2.26. The van der Waals surface area contributed by atoms with Crippen LogP contribution in [0.3, 0.4) is 0 Å². The van der Waals surface area contributed by atoms with Crippen molar-refractivity contribution in [1.82, 2.24) is 0 Å². The summed E-state index contributed by atoms with van der Waals surface area (Å²) >= 11 is 6.74. The van der Waals surface area contributed by atoms with Gasteiger partial charge in [-0.1, -0.05) is 37.9 Å². The molecule has 0 aliphatic rings. The van der Waals surface area contributed by atoms with E-state index >= 15 is 0 Å². The lowest BCUT2D eigenvalue weighted by atomic mass is 10.1. The van der Waals surface area contributed by atoms with Crippen molar-refractivity contribution in [1.29, 1.82) is 10.5 Å². The van der Waals surface area contributed by atoms with Gasteiger partial charge in [0.2, 0.25) is 0 Å². The molecule has 0 bridgehead atoms. The van der Waals surface area contributed by atoms with E-state index in [1.165, 1.54) is 0 Å². The van der Waals surface area contributed by atoms with E-state index in [1.807, 2.05) is 12.1 Å². The smallest absolute Gasteiger partial charge is 0.0670 e. The predicted octanol–water partition coefficient (Wildman–Crippen LogP) is 3.34. The van der Waals surface area contributed by atoms with Gasteiger partial charge in [-0.2, -0.15) is 10.5 Å². The summed E-state index contributed by atoms with van der Waals surface area (Å²) in [4.78, 5) is 0. The van der Waals surface area contributed by atoms with Gasteiger partial charge in [0.05, 0.1) is 25.0 Å². The van der Waals surface area contributed by atoms with Gasteiger partial charge in [0.25, 0.3) is 0 Å². The van der Waals surface area contributed by atoms with Gasteiger partial charge in [0.1, 0.15) is 0 Å². The standard InChI is InChI=1S/C10H6Br2N2/c11-9-6-10(12)8(2-4-14)5-7(9)1-3-13/h5-6H,1-2H2. The van der Waals surface area contributed by atoms with Crippen molar-refractivity contribution in [3.63, 3.8) is 0 Å². The number of nitriles is 2. The minimum atomic E-state index is 0.353. The molecule has 0 aliphatic heterocycles. The molecule has 0 saturated heterocycles. The second-order valence-electron chi connectivity index (χ2n) is 2.70. The van der Waals surface area contributed by atoms with Crippen molar-refractivity contribution in [3.05, 3.63) is 32.2 Å². The normalized spacial score (nSPS) is 9.14. The van der Waals surface area contributed by atoms with Crippen LogP contribution in [0, 0.1) is 22.7 Å². The first-order valence-corrected chi connectivity index (χ1v) is 5.48. The SMILES string of the molecule is N#CCc1cc(CC#N)c(Br)cc1Br. The zero-order valence-corrected chi connectivity index (χ0v) is 10.4. The van der Waals surface area contributed by atoms with E-state index in [4.69, 9.17) is 10.5 Å².